The molecule has 0 radical (unpaired) electrons. The second kappa shape index (κ2) is 10.2. The minimum Gasteiger partial charge on any atom is -0.478 e. The highest BCUT2D eigenvalue weighted by Crippen LogP contribution is 2.32. The van der Waals surface area contributed by atoms with Crippen molar-refractivity contribution < 1.29 is 32.3 Å². The molecule has 0 spiro atoms. The number of benzene rings is 2. The van der Waals surface area contributed by atoms with Crippen LogP contribution in [0.5, 0.6) is 5.75 Å². The number of ether oxygens (including phenoxy) is 1. The van der Waals surface area contributed by atoms with Gasteiger partial charge in [0.05, 0.1) is 23.5 Å². The highest BCUT2D eigenvalue weighted by molar-refractivity contribution is 5.83. The van der Waals surface area contributed by atoms with Crippen LogP contribution in [0.25, 0.3) is 11.0 Å². The van der Waals surface area contributed by atoms with Gasteiger partial charge in [-0.15, -0.1) is 0 Å². The molecule has 0 aliphatic heterocycles. The number of hydrogen-bond donors (Lipinski definition) is 1. The fourth-order valence-corrected chi connectivity index (χ4v) is 4.26. The predicted molar refractivity (Wildman–Crippen MR) is 135 cm³/mol. The fraction of sp³-hybridized carbons (Fsp3) is 0.393. The van der Waals surface area contributed by atoms with E-state index in [1.54, 1.807) is 16.8 Å². The Morgan fingerprint density at radius 3 is 2.55 bits per heavy atom. The summed E-state index contributed by atoms with van der Waals surface area (Å²) in [5, 5.41) is 19.1. The lowest BCUT2D eigenvalue weighted by atomic mass is 10.0. The zero-order valence-electron chi connectivity index (χ0n) is 21.9. The van der Waals surface area contributed by atoms with Crippen LogP contribution in [0.3, 0.4) is 0 Å². The fourth-order valence-electron chi connectivity index (χ4n) is 4.26. The number of nitrogens with zero attached hydrogens (tertiary/aromatic N) is 3. The highest BCUT2D eigenvalue weighted by Gasteiger charge is 2.31. The van der Waals surface area contributed by atoms with Crippen LogP contribution in [0, 0.1) is 6.92 Å². The van der Waals surface area contributed by atoms with E-state index in [0.717, 1.165) is 40.0 Å². The number of carboxylic acid groups (broad SMARTS) is 1. The number of halogens is 3. The molecular formula is C28H30F3N3O4. The first-order valence-corrected chi connectivity index (χ1v) is 12.3. The molecule has 0 fully saturated rings. The summed E-state index contributed by atoms with van der Waals surface area (Å²) in [5.74, 6) is -0.545. The number of hydrogen-bond acceptors (Lipinski definition) is 5. The number of alkyl halides is 3. The van der Waals surface area contributed by atoms with Crippen LogP contribution in [0.2, 0.25) is 0 Å². The summed E-state index contributed by atoms with van der Waals surface area (Å²) >= 11 is 0. The molecule has 0 bridgehead atoms. The van der Waals surface area contributed by atoms with Crippen LogP contribution in [-0.2, 0) is 30.4 Å². The Kier molecular flexibility index (Phi) is 7.27. The van der Waals surface area contributed by atoms with Crippen molar-refractivity contribution >= 4 is 16.9 Å². The first kappa shape index (κ1) is 27.2. The summed E-state index contributed by atoms with van der Waals surface area (Å²) in [5.41, 5.74) is 2.30. The molecule has 4 rings (SSSR count). The molecule has 38 heavy (non-hydrogen) atoms. The van der Waals surface area contributed by atoms with Crippen molar-refractivity contribution in [2.75, 3.05) is 0 Å². The summed E-state index contributed by atoms with van der Waals surface area (Å²) in [4.78, 5) is 11.4. The highest BCUT2D eigenvalue weighted by atomic mass is 19.4. The summed E-state index contributed by atoms with van der Waals surface area (Å²) in [7, 11) is 0. The number of aryl methyl sites for hydroxylation is 3. The number of rotatable bonds is 9. The van der Waals surface area contributed by atoms with E-state index in [9.17, 15) is 23.1 Å². The van der Waals surface area contributed by atoms with Gasteiger partial charge in [-0.25, -0.2) is 4.79 Å². The molecule has 202 valence electrons. The van der Waals surface area contributed by atoms with Gasteiger partial charge in [0.15, 0.2) is 11.2 Å². The van der Waals surface area contributed by atoms with Gasteiger partial charge in [-0.1, -0.05) is 31.1 Å². The van der Waals surface area contributed by atoms with Crippen LogP contribution in [0.4, 0.5) is 13.2 Å². The Hall–Kier alpha value is -3.82. The molecule has 0 atom stereocenters. The molecular weight excluding hydrogens is 499 g/mol. The van der Waals surface area contributed by atoms with Crippen molar-refractivity contribution in [3.05, 3.63) is 76.2 Å². The van der Waals surface area contributed by atoms with Crippen molar-refractivity contribution in [1.82, 2.24) is 14.9 Å². The van der Waals surface area contributed by atoms with E-state index in [1.165, 1.54) is 19.9 Å². The van der Waals surface area contributed by atoms with E-state index in [4.69, 9.17) is 9.26 Å². The Bertz CT molecular complexity index is 1470. The van der Waals surface area contributed by atoms with Crippen molar-refractivity contribution in [3.8, 4) is 5.75 Å². The molecule has 2 aromatic carbocycles. The third-order valence-corrected chi connectivity index (χ3v) is 6.37. The van der Waals surface area contributed by atoms with Gasteiger partial charge in [-0.2, -0.15) is 18.3 Å². The maximum Gasteiger partial charge on any atom is 0.416 e. The van der Waals surface area contributed by atoms with Crippen LogP contribution < -0.4 is 4.74 Å². The van der Waals surface area contributed by atoms with Crippen molar-refractivity contribution in [3.63, 3.8) is 0 Å². The Labute approximate surface area is 218 Å². The Morgan fingerprint density at radius 2 is 1.89 bits per heavy atom. The van der Waals surface area contributed by atoms with E-state index in [0.29, 0.717) is 29.7 Å². The zero-order chi connectivity index (χ0) is 27.8. The molecule has 1 N–H and O–H groups in total. The zero-order valence-corrected chi connectivity index (χ0v) is 21.9. The molecule has 0 saturated heterocycles. The first-order chi connectivity index (χ1) is 17.7. The molecule has 0 amide bonds. The topological polar surface area (TPSA) is 90.4 Å². The minimum absolute atomic E-state index is 0.126. The number of aliphatic carboxylic acids is 1. The summed E-state index contributed by atoms with van der Waals surface area (Å²) in [6, 6.07) is 8.79. The van der Waals surface area contributed by atoms with Gasteiger partial charge in [0, 0.05) is 17.6 Å². The molecule has 2 aromatic heterocycles. The minimum atomic E-state index is -4.40. The summed E-state index contributed by atoms with van der Waals surface area (Å²) < 4.78 is 52.2. The lowest BCUT2D eigenvalue weighted by Crippen LogP contribution is -2.38. The second-order valence-corrected chi connectivity index (χ2v) is 10.3. The van der Waals surface area contributed by atoms with E-state index < -0.39 is 23.3 Å². The maximum absolute atomic E-state index is 13.1. The van der Waals surface area contributed by atoms with Crippen molar-refractivity contribution in [2.45, 2.75) is 71.7 Å². The van der Waals surface area contributed by atoms with E-state index >= 15 is 0 Å². The van der Waals surface area contributed by atoms with Gasteiger partial charge in [-0.05, 0) is 74.4 Å². The van der Waals surface area contributed by atoms with Gasteiger partial charge in [0.25, 0.3) is 0 Å². The normalized spacial score (nSPS) is 12.4. The number of carboxylic acids is 1. The number of fused-ring (bicyclic) bond motifs is 1. The second-order valence-electron chi connectivity index (χ2n) is 10.3. The standard InChI is InChI=1S/C28H30F3N3O4/c1-16(2)25-19(15-34(32-25)14-18-7-6-8-20(12-18)28(29,30)31)9-10-22-21-11-17(3)23(13-24(21)38-33-22)37-27(4,5)26(35)36/h6-8,11-13,15-16H,9-10,14H2,1-5H3,(H,35,36). The summed E-state index contributed by atoms with van der Waals surface area (Å²) in [6.45, 7) is 9.06. The Balaban J connectivity index is 1.54. The monoisotopic (exact) mass is 529 g/mol. The predicted octanol–water partition coefficient (Wildman–Crippen LogP) is 6.55. The van der Waals surface area contributed by atoms with Gasteiger partial charge in [0.2, 0.25) is 0 Å². The van der Waals surface area contributed by atoms with E-state index in [-0.39, 0.29) is 12.5 Å². The van der Waals surface area contributed by atoms with Gasteiger partial charge < -0.3 is 14.4 Å². The number of carbonyl (C=O) groups is 1. The first-order valence-electron chi connectivity index (χ1n) is 12.3. The van der Waals surface area contributed by atoms with Gasteiger partial charge in [0.1, 0.15) is 5.75 Å². The van der Waals surface area contributed by atoms with E-state index in [1.807, 2.05) is 33.0 Å². The molecule has 10 heteroatoms. The van der Waals surface area contributed by atoms with Crippen LogP contribution >= 0.6 is 0 Å². The van der Waals surface area contributed by atoms with Crippen molar-refractivity contribution in [1.29, 1.82) is 0 Å². The Morgan fingerprint density at radius 1 is 1.16 bits per heavy atom. The summed E-state index contributed by atoms with van der Waals surface area (Å²) in [6.07, 6.45) is -1.35. The molecule has 0 unspecified atom stereocenters. The largest absolute Gasteiger partial charge is 0.478 e. The molecule has 7 nitrogen and oxygen atoms in total. The van der Waals surface area contributed by atoms with Crippen molar-refractivity contribution in [2.24, 2.45) is 0 Å². The molecule has 4 aromatic rings. The number of aromatic nitrogens is 3. The molecule has 0 aliphatic rings. The maximum atomic E-state index is 13.1. The average Bonchev–Trinajstić information content (AvgIpc) is 3.40. The van der Waals surface area contributed by atoms with Crippen LogP contribution in [0.15, 0.2) is 47.1 Å². The molecule has 2 heterocycles. The smallest absolute Gasteiger partial charge is 0.416 e. The van der Waals surface area contributed by atoms with E-state index in [2.05, 4.69) is 10.3 Å². The van der Waals surface area contributed by atoms with Crippen LogP contribution in [0.1, 0.15) is 67.3 Å². The lowest BCUT2D eigenvalue weighted by Gasteiger charge is -2.22. The SMILES string of the molecule is Cc1cc2c(CCc3cn(Cc4cccc(C(F)(F)F)c4)nc3C(C)C)noc2cc1OC(C)(C)C(=O)O. The lowest BCUT2D eigenvalue weighted by molar-refractivity contribution is -0.152. The van der Waals surface area contributed by atoms with Gasteiger partial charge in [-0.3, -0.25) is 4.68 Å². The third-order valence-electron chi connectivity index (χ3n) is 6.37. The molecule has 0 aliphatic carbocycles. The average molecular weight is 530 g/mol. The third kappa shape index (κ3) is 5.84. The van der Waals surface area contributed by atoms with Crippen LogP contribution in [-0.4, -0.2) is 31.6 Å². The molecule has 0 saturated carbocycles. The quantitative estimate of drug-likeness (QED) is 0.264. The van der Waals surface area contributed by atoms with Gasteiger partial charge >= 0.3 is 12.1 Å².